The van der Waals surface area contributed by atoms with Gasteiger partial charge in [-0.05, 0) is 12.3 Å². The molecule has 0 aromatic heterocycles. The third-order valence-corrected chi connectivity index (χ3v) is 3.91. The first-order valence-corrected chi connectivity index (χ1v) is 7.50. The normalized spacial score (nSPS) is 17.2. The Kier molecular flexibility index (Phi) is 7.53. The van der Waals surface area contributed by atoms with Crippen molar-refractivity contribution in [3.63, 3.8) is 0 Å². The summed E-state index contributed by atoms with van der Waals surface area (Å²) in [5, 5.41) is 3.27. The van der Waals surface area contributed by atoms with E-state index in [4.69, 9.17) is 4.74 Å². The Morgan fingerprint density at radius 1 is 1.18 bits per heavy atom. The highest BCUT2D eigenvalue weighted by molar-refractivity contribution is 5.85. The van der Waals surface area contributed by atoms with Crippen LogP contribution < -0.4 is 10.1 Å². The molecule has 3 nitrogen and oxygen atoms in total. The summed E-state index contributed by atoms with van der Waals surface area (Å²) < 4.78 is 33.7. The Labute approximate surface area is 137 Å². The van der Waals surface area contributed by atoms with Gasteiger partial charge in [-0.2, -0.15) is 0 Å². The molecule has 1 aromatic carbocycles. The maximum Gasteiger partial charge on any atom is 0.134 e. The van der Waals surface area contributed by atoms with E-state index in [1.54, 1.807) is 0 Å². The molecule has 0 radical (unpaired) electrons. The molecule has 1 aliphatic heterocycles. The van der Waals surface area contributed by atoms with Gasteiger partial charge in [0.1, 0.15) is 17.4 Å². The first kappa shape index (κ1) is 19.1. The van der Waals surface area contributed by atoms with E-state index >= 15 is 0 Å². The molecule has 0 saturated carbocycles. The zero-order valence-electron chi connectivity index (χ0n) is 13.4. The Bertz CT molecular complexity index is 456. The zero-order chi connectivity index (χ0) is 15.4. The van der Waals surface area contributed by atoms with Crippen LogP contribution in [0, 0.1) is 17.6 Å². The van der Waals surface area contributed by atoms with E-state index in [1.807, 2.05) is 0 Å². The second-order valence-corrected chi connectivity index (χ2v) is 5.94. The van der Waals surface area contributed by atoms with Crippen LogP contribution in [0.15, 0.2) is 12.1 Å². The minimum absolute atomic E-state index is 0. The molecule has 126 valence electrons. The summed E-state index contributed by atoms with van der Waals surface area (Å²) in [6, 6.07) is 2.32. The van der Waals surface area contributed by atoms with Crippen LogP contribution in [-0.4, -0.2) is 38.2 Å². The molecule has 0 aliphatic carbocycles. The molecule has 1 fully saturated rings. The van der Waals surface area contributed by atoms with Gasteiger partial charge in [-0.3, -0.25) is 4.90 Å². The molecule has 1 aliphatic rings. The summed E-state index contributed by atoms with van der Waals surface area (Å²) in [6.07, 6.45) is 0.736. The molecule has 1 saturated heterocycles. The molecule has 2 rings (SSSR count). The molecule has 1 atom stereocenters. The highest BCUT2D eigenvalue weighted by Crippen LogP contribution is 2.33. The van der Waals surface area contributed by atoms with Crippen LogP contribution in [0.5, 0.6) is 5.75 Å². The summed E-state index contributed by atoms with van der Waals surface area (Å²) in [6.45, 7) is 7.48. The number of piperazine rings is 1. The van der Waals surface area contributed by atoms with E-state index in [1.165, 1.54) is 19.2 Å². The van der Waals surface area contributed by atoms with Gasteiger partial charge >= 0.3 is 0 Å². The van der Waals surface area contributed by atoms with Gasteiger partial charge in [-0.15, -0.1) is 12.4 Å². The van der Waals surface area contributed by atoms with Crippen LogP contribution in [0.25, 0.3) is 0 Å². The summed E-state index contributed by atoms with van der Waals surface area (Å²) in [7, 11) is 1.41. The molecule has 0 amide bonds. The standard InChI is InChI=1S/C16H24F2N2O.ClH/c1-11(2)8-15(20-6-4-19-5-7-20)16-13(17)9-12(21-3)10-14(16)18;/h9-11,15,19H,4-8H2,1-3H3;1H/t15-;/m0./s1. The summed E-state index contributed by atoms with van der Waals surface area (Å²) in [5.74, 6) is -0.449. The molecule has 0 unspecified atom stereocenters. The van der Waals surface area contributed by atoms with Crippen molar-refractivity contribution >= 4 is 12.4 Å². The molecule has 22 heavy (non-hydrogen) atoms. The van der Waals surface area contributed by atoms with Gasteiger partial charge in [0.15, 0.2) is 0 Å². The molecule has 1 N–H and O–H groups in total. The van der Waals surface area contributed by atoms with E-state index in [2.05, 4.69) is 24.1 Å². The number of nitrogens with zero attached hydrogens (tertiary/aromatic N) is 1. The Morgan fingerprint density at radius 2 is 1.73 bits per heavy atom. The Morgan fingerprint density at radius 3 is 2.18 bits per heavy atom. The van der Waals surface area contributed by atoms with Gasteiger partial charge in [0, 0.05) is 49.9 Å². The van der Waals surface area contributed by atoms with E-state index in [-0.39, 0.29) is 29.8 Å². The zero-order valence-corrected chi connectivity index (χ0v) is 14.2. The van der Waals surface area contributed by atoms with Gasteiger partial charge in [0.2, 0.25) is 0 Å². The van der Waals surface area contributed by atoms with E-state index in [0.717, 1.165) is 32.6 Å². The van der Waals surface area contributed by atoms with Crippen LogP contribution >= 0.6 is 12.4 Å². The Hall–Kier alpha value is -0.910. The predicted molar refractivity (Wildman–Crippen MR) is 86.8 cm³/mol. The molecule has 1 heterocycles. The third-order valence-electron chi connectivity index (χ3n) is 3.91. The fraction of sp³-hybridized carbons (Fsp3) is 0.625. The van der Waals surface area contributed by atoms with Crippen LogP contribution in [-0.2, 0) is 0 Å². The predicted octanol–water partition coefficient (Wildman–Crippen LogP) is 3.39. The second-order valence-electron chi connectivity index (χ2n) is 5.94. The van der Waals surface area contributed by atoms with E-state index in [9.17, 15) is 8.78 Å². The summed E-state index contributed by atoms with van der Waals surface area (Å²) in [5.41, 5.74) is 0.173. The van der Waals surface area contributed by atoms with Gasteiger partial charge in [-0.1, -0.05) is 13.8 Å². The number of methoxy groups -OCH3 is 1. The maximum absolute atomic E-state index is 14.4. The lowest BCUT2D eigenvalue weighted by atomic mass is 9.94. The van der Waals surface area contributed by atoms with Gasteiger partial charge < -0.3 is 10.1 Å². The van der Waals surface area contributed by atoms with Gasteiger partial charge in [0.05, 0.1) is 7.11 Å². The van der Waals surface area contributed by atoms with Crippen molar-refractivity contribution in [2.45, 2.75) is 26.3 Å². The largest absolute Gasteiger partial charge is 0.497 e. The molecular formula is C16H25ClF2N2O. The average Bonchev–Trinajstić information content (AvgIpc) is 2.45. The number of halogens is 3. The minimum atomic E-state index is -0.518. The van der Waals surface area contributed by atoms with Crippen molar-refractivity contribution in [2.24, 2.45) is 5.92 Å². The van der Waals surface area contributed by atoms with Crippen molar-refractivity contribution in [3.8, 4) is 5.75 Å². The van der Waals surface area contributed by atoms with Crippen LogP contribution in [0.3, 0.4) is 0 Å². The first-order chi connectivity index (χ1) is 10.0. The Balaban J connectivity index is 0.00000242. The van der Waals surface area contributed by atoms with Gasteiger partial charge in [0.25, 0.3) is 0 Å². The highest BCUT2D eigenvalue weighted by atomic mass is 35.5. The fourth-order valence-electron chi connectivity index (χ4n) is 2.89. The van der Waals surface area contributed by atoms with Gasteiger partial charge in [-0.25, -0.2) is 8.78 Å². The second kappa shape index (κ2) is 8.65. The topological polar surface area (TPSA) is 24.5 Å². The number of rotatable bonds is 5. The third kappa shape index (κ3) is 4.54. The van der Waals surface area contributed by atoms with Crippen LogP contribution in [0.2, 0.25) is 0 Å². The smallest absolute Gasteiger partial charge is 0.134 e. The molecule has 1 aromatic rings. The molecule has 6 heteroatoms. The first-order valence-electron chi connectivity index (χ1n) is 7.50. The molecular weight excluding hydrogens is 310 g/mol. The van der Waals surface area contributed by atoms with Crippen molar-refractivity contribution in [1.82, 2.24) is 10.2 Å². The molecule has 0 spiro atoms. The quantitative estimate of drug-likeness (QED) is 0.893. The monoisotopic (exact) mass is 334 g/mol. The lowest BCUT2D eigenvalue weighted by Gasteiger charge is -2.36. The number of benzene rings is 1. The van der Waals surface area contributed by atoms with Crippen molar-refractivity contribution < 1.29 is 13.5 Å². The highest BCUT2D eigenvalue weighted by Gasteiger charge is 2.28. The van der Waals surface area contributed by atoms with Crippen molar-refractivity contribution in [2.75, 3.05) is 33.3 Å². The van der Waals surface area contributed by atoms with Crippen LogP contribution in [0.4, 0.5) is 8.78 Å². The average molecular weight is 335 g/mol. The van der Waals surface area contributed by atoms with Crippen molar-refractivity contribution in [1.29, 1.82) is 0 Å². The molecule has 0 bridgehead atoms. The van der Waals surface area contributed by atoms with E-state index in [0.29, 0.717) is 5.92 Å². The van der Waals surface area contributed by atoms with Crippen LogP contribution in [0.1, 0.15) is 31.9 Å². The number of hydrogen-bond acceptors (Lipinski definition) is 3. The number of nitrogens with one attached hydrogen (secondary N) is 1. The SMILES string of the molecule is COc1cc(F)c([C@H](CC(C)C)N2CCNCC2)c(F)c1.Cl. The maximum atomic E-state index is 14.4. The number of ether oxygens (including phenoxy) is 1. The minimum Gasteiger partial charge on any atom is -0.497 e. The summed E-state index contributed by atoms with van der Waals surface area (Å²) in [4.78, 5) is 2.17. The lowest BCUT2D eigenvalue weighted by molar-refractivity contribution is 0.147. The summed E-state index contributed by atoms with van der Waals surface area (Å²) >= 11 is 0. The lowest BCUT2D eigenvalue weighted by Crippen LogP contribution is -2.45. The van der Waals surface area contributed by atoms with E-state index < -0.39 is 11.6 Å². The fourth-order valence-corrected chi connectivity index (χ4v) is 2.89. The van der Waals surface area contributed by atoms with Crippen molar-refractivity contribution in [3.05, 3.63) is 29.3 Å². The number of hydrogen-bond donors (Lipinski definition) is 1.